The molecular weight excluding hydrogens is 199 g/mol. The van der Waals surface area contributed by atoms with Gasteiger partial charge in [0.05, 0.1) is 5.56 Å². The van der Waals surface area contributed by atoms with Crippen molar-refractivity contribution < 1.29 is 22.3 Å². The fourth-order valence-corrected chi connectivity index (χ4v) is 1.24. The predicted octanol–water partition coefficient (Wildman–Crippen LogP) is 1.56. The summed E-state index contributed by atoms with van der Waals surface area (Å²) in [6.07, 6.45) is -4.50. The Kier molecular flexibility index (Phi) is 1.63. The van der Waals surface area contributed by atoms with Gasteiger partial charge in [-0.2, -0.15) is 17.6 Å². The van der Waals surface area contributed by atoms with Gasteiger partial charge in [0.15, 0.2) is 0 Å². The molecule has 0 spiro atoms. The maximum Gasteiger partial charge on any atom is 0.469 e. The van der Waals surface area contributed by atoms with Gasteiger partial charge in [-0.05, 0) is 12.1 Å². The van der Waals surface area contributed by atoms with Crippen LogP contribution in [0.5, 0.6) is 5.75 Å². The molecule has 1 aliphatic heterocycles. The molecule has 14 heavy (non-hydrogen) atoms. The molecule has 1 heterocycles. The zero-order valence-electron chi connectivity index (χ0n) is 6.73. The topological polar surface area (TPSA) is 9.23 Å². The van der Waals surface area contributed by atoms with Crippen molar-refractivity contribution in [2.75, 3.05) is 0 Å². The van der Waals surface area contributed by atoms with E-state index in [1.807, 2.05) is 0 Å². The third-order valence-electron chi connectivity index (χ3n) is 1.95. The summed E-state index contributed by atoms with van der Waals surface area (Å²) in [5.41, 5.74) is -0.742. The Hall–Kier alpha value is -1.20. The van der Waals surface area contributed by atoms with Gasteiger partial charge in [-0.1, -0.05) is 11.5 Å². The molecule has 0 amide bonds. The lowest BCUT2D eigenvalue weighted by molar-refractivity contribution is -0.296. The summed E-state index contributed by atoms with van der Waals surface area (Å²) >= 11 is 0. The Morgan fingerprint density at radius 3 is 2.43 bits per heavy atom. The van der Waals surface area contributed by atoms with Crippen LogP contribution in [0.15, 0.2) is 18.2 Å². The number of fused-ring (bicyclic) bond motifs is 1. The summed E-state index contributed by atoms with van der Waals surface area (Å²) in [4.78, 5) is 0. The molecule has 2 rings (SSSR count). The average Bonchev–Trinajstić information content (AvgIpc) is 2.18. The molecule has 0 fully saturated rings. The lowest BCUT2D eigenvalue weighted by Gasteiger charge is -2.15. The Bertz CT molecular complexity index is 391. The van der Waals surface area contributed by atoms with E-state index in [2.05, 4.69) is 4.74 Å². The number of halogens is 4. The lowest BCUT2D eigenvalue weighted by Crippen LogP contribution is -2.36. The third-order valence-corrected chi connectivity index (χ3v) is 1.95. The van der Waals surface area contributed by atoms with Gasteiger partial charge in [-0.25, -0.2) is 0 Å². The zero-order valence-corrected chi connectivity index (χ0v) is 6.73. The highest BCUT2D eigenvalue weighted by Gasteiger charge is 2.66. The number of hydrogen-bond donors (Lipinski definition) is 0. The highest BCUT2D eigenvalue weighted by Crippen LogP contribution is 2.52. The number of hydrogen-bond acceptors (Lipinski definition) is 1. The summed E-state index contributed by atoms with van der Waals surface area (Å²) in [7, 11) is 5.24. The molecule has 0 aromatic heterocycles. The fourth-order valence-electron chi connectivity index (χ4n) is 1.24. The molecule has 0 saturated heterocycles. The van der Waals surface area contributed by atoms with E-state index in [1.165, 1.54) is 0 Å². The minimum absolute atomic E-state index is 0.0947. The molecule has 0 aliphatic carbocycles. The molecule has 2 radical (unpaired) electrons. The first kappa shape index (κ1) is 9.36. The largest absolute Gasteiger partial charge is 0.469 e. The van der Waals surface area contributed by atoms with Crippen LogP contribution in [0.25, 0.3) is 0 Å². The van der Waals surface area contributed by atoms with Crippen LogP contribution < -0.4 is 10.2 Å². The SMILES string of the molecule is [B]c1ccc2c(c1)OC(F)(F)C2(F)F. The van der Waals surface area contributed by atoms with Crippen LogP contribution in [0.1, 0.15) is 5.56 Å². The van der Waals surface area contributed by atoms with Crippen molar-refractivity contribution in [3.05, 3.63) is 23.8 Å². The first-order valence-electron chi connectivity index (χ1n) is 3.69. The number of alkyl halides is 4. The van der Waals surface area contributed by atoms with Crippen molar-refractivity contribution in [3.8, 4) is 5.75 Å². The van der Waals surface area contributed by atoms with E-state index in [4.69, 9.17) is 7.85 Å². The summed E-state index contributed by atoms with van der Waals surface area (Å²) < 4.78 is 55.0. The highest BCUT2D eigenvalue weighted by atomic mass is 19.3. The van der Waals surface area contributed by atoms with Gasteiger partial charge < -0.3 is 4.74 Å². The van der Waals surface area contributed by atoms with E-state index in [1.54, 1.807) is 0 Å². The summed E-state index contributed by atoms with van der Waals surface area (Å²) in [5, 5.41) is 0. The minimum Gasteiger partial charge on any atom is -0.427 e. The van der Waals surface area contributed by atoms with Crippen molar-refractivity contribution in [2.45, 2.75) is 12.0 Å². The van der Waals surface area contributed by atoms with Crippen molar-refractivity contribution in [1.29, 1.82) is 0 Å². The molecule has 72 valence electrons. The van der Waals surface area contributed by atoms with Crippen LogP contribution in [0.2, 0.25) is 0 Å². The van der Waals surface area contributed by atoms with Crippen LogP contribution >= 0.6 is 0 Å². The molecule has 0 bridgehead atoms. The van der Waals surface area contributed by atoms with Gasteiger partial charge in [0.2, 0.25) is 0 Å². The fraction of sp³-hybridized carbons (Fsp3) is 0.250. The quantitative estimate of drug-likeness (QED) is 0.458. The van der Waals surface area contributed by atoms with E-state index in [-0.39, 0.29) is 5.46 Å². The van der Waals surface area contributed by atoms with Crippen molar-refractivity contribution in [3.63, 3.8) is 0 Å². The highest BCUT2D eigenvalue weighted by molar-refractivity contribution is 6.32. The smallest absolute Gasteiger partial charge is 0.427 e. The molecule has 1 nitrogen and oxygen atoms in total. The van der Waals surface area contributed by atoms with Crippen molar-refractivity contribution in [2.24, 2.45) is 0 Å². The molecule has 1 aromatic carbocycles. The predicted molar refractivity (Wildman–Crippen MR) is 41.3 cm³/mol. The summed E-state index contributed by atoms with van der Waals surface area (Å²) in [6.45, 7) is 0. The normalized spacial score (nSPS) is 21.4. The first-order valence-corrected chi connectivity index (χ1v) is 3.69. The molecular formula is C8H3BF4O. The van der Waals surface area contributed by atoms with E-state index < -0.39 is 23.3 Å². The maximum absolute atomic E-state index is 12.9. The van der Waals surface area contributed by atoms with Gasteiger partial charge in [0.25, 0.3) is 0 Å². The average molecular weight is 202 g/mol. The maximum atomic E-state index is 12.9. The molecule has 1 aliphatic rings. The van der Waals surface area contributed by atoms with Crippen LogP contribution in [0.4, 0.5) is 17.6 Å². The van der Waals surface area contributed by atoms with E-state index >= 15 is 0 Å². The van der Waals surface area contributed by atoms with Gasteiger partial charge in [-0.3, -0.25) is 0 Å². The molecule has 0 saturated carbocycles. The lowest BCUT2D eigenvalue weighted by atomic mass is 9.94. The van der Waals surface area contributed by atoms with E-state index in [0.717, 1.165) is 18.2 Å². The minimum atomic E-state index is -4.50. The molecule has 0 atom stereocenters. The van der Waals surface area contributed by atoms with Crippen LogP contribution in [0.3, 0.4) is 0 Å². The number of benzene rings is 1. The van der Waals surface area contributed by atoms with E-state index in [9.17, 15) is 17.6 Å². The second-order valence-electron chi connectivity index (χ2n) is 2.95. The molecule has 0 unspecified atom stereocenters. The molecule has 0 N–H and O–H groups in total. The molecule has 6 heteroatoms. The van der Waals surface area contributed by atoms with E-state index in [0.29, 0.717) is 0 Å². The van der Waals surface area contributed by atoms with Gasteiger partial charge in [-0.15, -0.1) is 0 Å². The number of ether oxygens (including phenoxy) is 1. The first-order chi connectivity index (χ1) is 6.34. The standard InChI is InChI=1S/C8H3BF4O/c9-4-1-2-5-6(3-4)14-8(12,13)7(5,10)11/h1-3H. The Morgan fingerprint density at radius 2 is 1.79 bits per heavy atom. The second kappa shape index (κ2) is 2.43. The van der Waals surface area contributed by atoms with Gasteiger partial charge in [0.1, 0.15) is 13.6 Å². The second-order valence-corrected chi connectivity index (χ2v) is 2.95. The van der Waals surface area contributed by atoms with Crippen LogP contribution in [-0.4, -0.2) is 14.0 Å². The zero-order chi connectivity index (χ0) is 10.6. The Labute approximate surface area is 78.1 Å². The summed E-state index contributed by atoms with van der Waals surface area (Å²) in [5.74, 6) is -4.87. The van der Waals surface area contributed by atoms with Crippen LogP contribution in [0, 0.1) is 0 Å². The monoisotopic (exact) mass is 202 g/mol. The van der Waals surface area contributed by atoms with Gasteiger partial charge in [0, 0.05) is 0 Å². The van der Waals surface area contributed by atoms with Crippen LogP contribution in [-0.2, 0) is 5.92 Å². The van der Waals surface area contributed by atoms with Crippen molar-refractivity contribution in [1.82, 2.24) is 0 Å². The van der Waals surface area contributed by atoms with Crippen molar-refractivity contribution >= 4 is 13.3 Å². The Morgan fingerprint density at radius 1 is 1.14 bits per heavy atom. The third kappa shape index (κ3) is 1.03. The Balaban J connectivity index is 2.60. The molecule has 1 aromatic rings. The summed E-state index contributed by atoms with van der Waals surface area (Å²) in [6, 6.07) is 2.91. The van der Waals surface area contributed by atoms with Gasteiger partial charge >= 0.3 is 12.0 Å². The number of rotatable bonds is 0.